The quantitative estimate of drug-likeness (QED) is 0.630. The van der Waals surface area contributed by atoms with Crippen molar-refractivity contribution >= 4 is 11.9 Å². The number of urea groups is 1. The SMILES string of the molecule is CCc1nn(C)cc1CNCC(=O)NC(N)=O. The van der Waals surface area contributed by atoms with Crippen LogP contribution < -0.4 is 16.4 Å². The molecule has 1 aromatic rings. The van der Waals surface area contributed by atoms with E-state index in [-0.39, 0.29) is 6.54 Å². The summed E-state index contributed by atoms with van der Waals surface area (Å²) in [6.45, 7) is 2.59. The van der Waals surface area contributed by atoms with E-state index in [0.717, 1.165) is 17.7 Å². The molecule has 0 aromatic carbocycles. The van der Waals surface area contributed by atoms with Gasteiger partial charge in [0.1, 0.15) is 0 Å². The van der Waals surface area contributed by atoms with Crippen molar-refractivity contribution in [3.05, 3.63) is 17.5 Å². The van der Waals surface area contributed by atoms with Crippen LogP contribution in [-0.4, -0.2) is 28.3 Å². The molecule has 0 atom stereocenters. The number of amides is 3. The summed E-state index contributed by atoms with van der Waals surface area (Å²) in [5, 5.41) is 9.18. The van der Waals surface area contributed by atoms with E-state index in [1.165, 1.54) is 0 Å². The number of primary amides is 1. The van der Waals surface area contributed by atoms with Crippen molar-refractivity contribution in [2.45, 2.75) is 19.9 Å². The molecule has 0 fully saturated rings. The van der Waals surface area contributed by atoms with E-state index in [2.05, 4.69) is 10.4 Å². The van der Waals surface area contributed by atoms with Crippen molar-refractivity contribution in [3.8, 4) is 0 Å². The first kappa shape index (κ1) is 13.2. The molecular weight excluding hydrogens is 222 g/mol. The van der Waals surface area contributed by atoms with E-state index in [4.69, 9.17) is 5.73 Å². The van der Waals surface area contributed by atoms with Crippen LogP contribution in [0.4, 0.5) is 4.79 Å². The second kappa shape index (κ2) is 6.00. The van der Waals surface area contributed by atoms with Gasteiger partial charge in [-0.15, -0.1) is 0 Å². The molecule has 3 amide bonds. The Labute approximate surface area is 99.4 Å². The number of nitrogens with two attached hydrogens (primary N) is 1. The molecule has 7 nitrogen and oxygen atoms in total. The Morgan fingerprint density at radius 1 is 1.53 bits per heavy atom. The Morgan fingerprint density at radius 2 is 2.24 bits per heavy atom. The van der Waals surface area contributed by atoms with Crippen molar-refractivity contribution in [2.75, 3.05) is 6.54 Å². The maximum absolute atomic E-state index is 11.1. The van der Waals surface area contributed by atoms with Gasteiger partial charge in [-0.1, -0.05) is 6.92 Å². The van der Waals surface area contributed by atoms with Crippen molar-refractivity contribution in [1.29, 1.82) is 0 Å². The summed E-state index contributed by atoms with van der Waals surface area (Å²) < 4.78 is 1.74. The topological polar surface area (TPSA) is 102 Å². The molecule has 0 saturated heterocycles. The third kappa shape index (κ3) is 4.23. The molecule has 1 aromatic heterocycles. The van der Waals surface area contributed by atoms with Gasteiger partial charge in [0, 0.05) is 25.4 Å². The number of carbonyl (C=O) groups excluding carboxylic acids is 2. The lowest BCUT2D eigenvalue weighted by molar-refractivity contribution is -0.119. The number of hydrogen-bond acceptors (Lipinski definition) is 4. The Hall–Kier alpha value is -1.89. The maximum atomic E-state index is 11.1. The summed E-state index contributed by atoms with van der Waals surface area (Å²) in [4.78, 5) is 21.5. The van der Waals surface area contributed by atoms with Crippen LogP contribution in [0.1, 0.15) is 18.2 Å². The molecule has 0 unspecified atom stereocenters. The molecule has 0 saturated carbocycles. The van der Waals surface area contributed by atoms with Gasteiger partial charge in [-0.25, -0.2) is 4.79 Å². The molecule has 0 radical (unpaired) electrons. The lowest BCUT2D eigenvalue weighted by Crippen LogP contribution is -2.40. The van der Waals surface area contributed by atoms with Crippen LogP contribution >= 0.6 is 0 Å². The molecule has 7 heteroatoms. The number of nitrogens with one attached hydrogen (secondary N) is 2. The Morgan fingerprint density at radius 3 is 2.82 bits per heavy atom. The fraction of sp³-hybridized carbons (Fsp3) is 0.500. The molecule has 0 bridgehead atoms. The predicted octanol–water partition coefficient (Wildman–Crippen LogP) is -0.733. The molecule has 1 heterocycles. The molecule has 4 N–H and O–H groups in total. The van der Waals surface area contributed by atoms with Gasteiger partial charge in [-0.05, 0) is 6.42 Å². The van der Waals surface area contributed by atoms with Gasteiger partial charge < -0.3 is 11.1 Å². The van der Waals surface area contributed by atoms with Gasteiger partial charge in [0.05, 0.1) is 12.2 Å². The van der Waals surface area contributed by atoms with E-state index in [9.17, 15) is 9.59 Å². The van der Waals surface area contributed by atoms with Crippen molar-refractivity contribution < 1.29 is 9.59 Å². The van der Waals surface area contributed by atoms with Crippen LogP contribution in [0.2, 0.25) is 0 Å². The van der Waals surface area contributed by atoms with Crippen LogP contribution in [0.3, 0.4) is 0 Å². The Bertz CT molecular complexity index is 413. The van der Waals surface area contributed by atoms with Gasteiger partial charge in [0.15, 0.2) is 0 Å². The number of rotatable bonds is 5. The van der Waals surface area contributed by atoms with Crippen LogP contribution in [0.5, 0.6) is 0 Å². The highest BCUT2D eigenvalue weighted by Crippen LogP contribution is 2.06. The molecule has 94 valence electrons. The van der Waals surface area contributed by atoms with E-state index < -0.39 is 11.9 Å². The van der Waals surface area contributed by atoms with Crippen molar-refractivity contribution in [1.82, 2.24) is 20.4 Å². The highest BCUT2D eigenvalue weighted by molar-refractivity contribution is 5.94. The minimum Gasteiger partial charge on any atom is -0.351 e. The van der Waals surface area contributed by atoms with Crippen molar-refractivity contribution in [2.24, 2.45) is 12.8 Å². The van der Waals surface area contributed by atoms with Crippen LogP contribution in [0, 0.1) is 0 Å². The second-order valence-electron chi connectivity index (χ2n) is 3.64. The molecular formula is C10H17N5O2. The molecule has 0 aliphatic carbocycles. The van der Waals surface area contributed by atoms with Crippen LogP contribution in [0.15, 0.2) is 6.20 Å². The summed E-state index contributed by atoms with van der Waals surface area (Å²) in [6, 6.07) is -0.840. The number of hydrogen-bond donors (Lipinski definition) is 3. The first-order chi connectivity index (χ1) is 8.02. The molecule has 0 aliphatic rings. The van der Waals surface area contributed by atoms with E-state index >= 15 is 0 Å². The normalized spacial score (nSPS) is 10.2. The number of aryl methyl sites for hydroxylation is 2. The number of imide groups is 1. The fourth-order valence-corrected chi connectivity index (χ4v) is 1.52. The number of aromatic nitrogens is 2. The zero-order valence-electron chi connectivity index (χ0n) is 9.99. The fourth-order valence-electron chi connectivity index (χ4n) is 1.52. The van der Waals surface area contributed by atoms with E-state index in [1.807, 2.05) is 25.5 Å². The average Bonchev–Trinajstić information content (AvgIpc) is 2.57. The Kier molecular flexibility index (Phi) is 4.65. The van der Waals surface area contributed by atoms with Gasteiger partial charge in [-0.3, -0.25) is 14.8 Å². The molecule has 0 spiro atoms. The number of carbonyl (C=O) groups is 2. The lowest BCUT2D eigenvalue weighted by Gasteiger charge is -2.03. The molecule has 0 aliphatic heterocycles. The molecule has 17 heavy (non-hydrogen) atoms. The van der Waals surface area contributed by atoms with Crippen molar-refractivity contribution in [3.63, 3.8) is 0 Å². The zero-order valence-corrected chi connectivity index (χ0v) is 9.99. The Balaban J connectivity index is 2.40. The summed E-state index contributed by atoms with van der Waals surface area (Å²) >= 11 is 0. The second-order valence-corrected chi connectivity index (χ2v) is 3.64. The standard InChI is InChI=1S/C10H17N5O2/c1-3-8-7(6-15(2)14-8)4-12-5-9(16)13-10(11)17/h6,12H,3-5H2,1-2H3,(H3,11,13,16,17). The zero-order chi connectivity index (χ0) is 12.8. The minimum absolute atomic E-state index is 0.0426. The first-order valence-corrected chi connectivity index (χ1v) is 5.34. The van der Waals surface area contributed by atoms with E-state index in [1.54, 1.807) is 4.68 Å². The van der Waals surface area contributed by atoms with Gasteiger partial charge in [0.25, 0.3) is 0 Å². The maximum Gasteiger partial charge on any atom is 0.318 e. The third-order valence-electron chi connectivity index (χ3n) is 2.19. The third-order valence-corrected chi connectivity index (χ3v) is 2.19. The van der Waals surface area contributed by atoms with E-state index in [0.29, 0.717) is 6.54 Å². The highest BCUT2D eigenvalue weighted by atomic mass is 16.2. The highest BCUT2D eigenvalue weighted by Gasteiger charge is 2.07. The average molecular weight is 239 g/mol. The summed E-state index contributed by atoms with van der Waals surface area (Å²) in [5.74, 6) is -0.445. The van der Waals surface area contributed by atoms with Gasteiger partial charge in [-0.2, -0.15) is 5.10 Å². The van der Waals surface area contributed by atoms with Gasteiger partial charge >= 0.3 is 6.03 Å². The smallest absolute Gasteiger partial charge is 0.318 e. The van der Waals surface area contributed by atoms with Crippen LogP contribution in [0.25, 0.3) is 0 Å². The van der Waals surface area contributed by atoms with Gasteiger partial charge in [0.2, 0.25) is 5.91 Å². The monoisotopic (exact) mass is 239 g/mol. The first-order valence-electron chi connectivity index (χ1n) is 5.34. The van der Waals surface area contributed by atoms with Crippen LogP contribution in [-0.2, 0) is 24.8 Å². The summed E-state index contributed by atoms with van der Waals surface area (Å²) in [7, 11) is 1.85. The largest absolute Gasteiger partial charge is 0.351 e. The summed E-state index contributed by atoms with van der Waals surface area (Å²) in [5.41, 5.74) is 6.85. The predicted molar refractivity (Wildman–Crippen MR) is 62.0 cm³/mol. The lowest BCUT2D eigenvalue weighted by atomic mass is 10.2. The summed E-state index contributed by atoms with van der Waals surface area (Å²) in [6.07, 6.45) is 2.74. The minimum atomic E-state index is -0.840. The number of nitrogens with zero attached hydrogens (tertiary/aromatic N) is 2. The molecule has 1 rings (SSSR count).